The fourth-order valence-corrected chi connectivity index (χ4v) is 2.89. The molecular weight excluding hydrogens is 342 g/mol. The van der Waals surface area contributed by atoms with E-state index in [0.29, 0.717) is 22.9 Å². The quantitative estimate of drug-likeness (QED) is 0.377. The van der Waals surface area contributed by atoms with Crippen LogP contribution in [0.3, 0.4) is 0 Å². The van der Waals surface area contributed by atoms with E-state index in [1.807, 2.05) is 61.5 Å². The molecule has 1 unspecified atom stereocenters. The zero-order valence-electron chi connectivity index (χ0n) is 15.4. The van der Waals surface area contributed by atoms with Gasteiger partial charge >= 0.3 is 0 Å². The van der Waals surface area contributed by atoms with Gasteiger partial charge < -0.3 is 5.11 Å². The average molecular weight is 365 g/mol. The Kier molecular flexibility index (Phi) is 5.63. The number of nitrogens with two attached hydrogens (primary N) is 1. The Morgan fingerprint density at radius 3 is 2.59 bits per heavy atom. The molecule has 0 aliphatic rings. The minimum absolute atomic E-state index is 0.0181. The monoisotopic (exact) mass is 365 g/mol. The standard InChI is InChI=1S/C20H23N5O2/c1-14(19-22-20(24(2)23-19)25(21)11-12-26)16-9-6-10-17(13-16)18(27)15-7-4-3-5-8-15/h3-10,13-14,26H,11-12,21H2,1-2H3. The van der Waals surface area contributed by atoms with E-state index in [9.17, 15) is 4.79 Å². The van der Waals surface area contributed by atoms with E-state index in [1.54, 1.807) is 11.7 Å². The lowest BCUT2D eigenvalue weighted by molar-refractivity contribution is 0.103. The third kappa shape index (κ3) is 4.05. The molecule has 3 aromatic rings. The highest BCUT2D eigenvalue weighted by atomic mass is 16.3. The molecule has 1 atom stereocenters. The molecule has 140 valence electrons. The van der Waals surface area contributed by atoms with Crippen molar-refractivity contribution in [2.75, 3.05) is 18.2 Å². The van der Waals surface area contributed by atoms with Crippen molar-refractivity contribution in [1.82, 2.24) is 14.8 Å². The smallest absolute Gasteiger partial charge is 0.238 e. The molecule has 7 heteroatoms. The van der Waals surface area contributed by atoms with Gasteiger partial charge in [0, 0.05) is 24.1 Å². The van der Waals surface area contributed by atoms with E-state index in [0.717, 1.165) is 5.56 Å². The molecular formula is C20H23N5O2. The van der Waals surface area contributed by atoms with Crippen molar-refractivity contribution in [1.29, 1.82) is 0 Å². The summed E-state index contributed by atoms with van der Waals surface area (Å²) in [5.41, 5.74) is 2.23. The van der Waals surface area contributed by atoms with Crippen molar-refractivity contribution in [2.45, 2.75) is 12.8 Å². The van der Waals surface area contributed by atoms with Crippen LogP contribution in [0.1, 0.15) is 40.2 Å². The topological polar surface area (TPSA) is 97.3 Å². The summed E-state index contributed by atoms with van der Waals surface area (Å²) < 4.78 is 1.58. The van der Waals surface area contributed by atoms with Crippen molar-refractivity contribution in [3.05, 3.63) is 77.1 Å². The first-order valence-electron chi connectivity index (χ1n) is 8.75. The summed E-state index contributed by atoms with van der Waals surface area (Å²) in [5, 5.41) is 14.8. The summed E-state index contributed by atoms with van der Waals surface area (Å²) in [6.45, 7) is 2.18. The second-order valence-corrected chi connectivity index (χ2v) is 6.35. The number of carbonyl (C=O) groups is 1. The molecule has 0 saturated carbocycles. The second-order valence-electron chi connectivity index (χ2n) is 6.35. The van der Waals surface area contributed by atoms with Crippen molar-refractivity contribution in [3.63, 3.8) is 0 Å². The van der Waals surface area contributed by atoms with Gasteiger partial charge in [0.1, 0.15) is 0 Å². The van der Waals surface area contributed by atoms with Gasteiger partial charge in [0.2, 0.25) is 5.95 Å². The molecule has 0 fully saturated rings. The fraction of sp³-hybridized carbons (Fsp3) is 0.250. The Labute approximate surface area is 158 Å². The highest BCUT2D eigenvalue weighted by Gasteiger charge is 2.19. The zero-order valence-corrected chi connectivity index (χ0v) is 15.4. The van der Waals surface area contributed by atoms with Gasteiger partial charge in [-0.05, 0) is 11.6 Å². The van der Waals surface area contributed by atoms with Crippen molar-refractivity contribution in [2.24, 2.45) is 12.9 Å². The summed E-state index contributed by atoms with van der Waals surface area (Å²) in [4.78, 5) is 17.2. The van der Waals surface area contributed by atoms with Crippen LogP contribution >= 0.6 is 0 Å². The van der Waals surface area contributed by atoms with Gasteiger partial charge in [0.15, 0.2) is 11.6 Å². The van der Waals surface area contributed by atoms with Crippen LogP contribution in [0.15, 0.2) is 54.6 Å². The molecule has 3 N–H and O–H groups in total. The molecule has 27 heavy (non-hydrogen) atoms. The third-order valence-electron chi connectivity index (χ3n) is 4.43. The molecule has 0 amide bonds. The van der Waals surface area contributed by atoms with Crippen LogP contribution in [0, 0.1) is 0 Å². The summed E-state index contributed by atoms with van der Waals surface area (Å²) in [7, 11) is 1.76. The van der Waals surface area contributed by atoms with Gasteiger partial charge in [-0.2, -0.15) is 10.1 Å². The Bertz CT molecular complexity index is 923. The number of aliphatic hydroxyl groups excluding tert-OH is 1. The SMILES string of the molecule is CC(c1cccc(C(=O)c2ccccc2)c1)c1nc(N(N)CCO)n(C)n1. The van der Waals surface area contributed by atoms with Crippen molar-refractivity contribution >= 4 is 11.7 Å². The predicted octanol–water partition coefficient (Wildman–Crippen LogP) is 1.87. The number of carbonyl (C=O) groups excluding carboxylic acids is 1. The number of aryl methyl sites for hydroxylation is 1. The molecule has 0 spiro atoms. The van der Waals surface area contributed by atoms with Crippen LogP contribution in [-0.2, 0) is 7.05 Å². The maximum atomic E-state index is 12.7. The van der Waals surface area contributed by atoms with E-state index in [1.165, 1.54) is 5.01 Å². The first-order chi connectivity index (χ1) is 13.0. The lowest BCUT2D eigenvalue weighted by Crippen LogP contribution is -2.35. The summed E-state index contributed by atoms with van der Waals surface area (Å²) in [5.74, 6) is 6.84. The third-order valence-corrected chi connectivity index (χ3v) is 4.43. The molecule has 0 bridgehead atoms. The number of hydrogen-bond acceptors (Lipinski definition) is 6. The molecule has 0 aliphatic carbocycles. The van der Waals surface area contributed by atoms with Crippen LogP contribution in [0.25, 0.3) is 0 Å². The van der Waals surface area contributed by atoms with Gasteiger partial charge in [0.05, 0.1) is 13.2 Å². The minimum Gasteiger partial charge on any atom is -0.394 e. The van der Waals surface area contributed by atoms with Gasteiger partial charge in [-0.25, -0.2) is 10.5 Å². The molecule has 3 rings (SSSR count). The van der Waals surface area contributed by atoms with E-state index < -0.39 is 0 Å². The van der Waals surface area contributed by atoms with Gasteiger partial charge in [-0.3, -0.25) is 9.80 Å². The van der Waals surface area contributed by atoms with E-state index in [-0.39, 0.29) is 24.9 Å². The number of nitrogens with zero attached hydrogens (tertiary/aromatic N) is 4. The molecule has 0 radical (unpaired) electrons. The van der Waals surface area contributed by atoms with E-state index in [2.05, 4.69) is 10.1 Å². The summed E-state index contributed by atoms with van der Waals surface area (Å²) in [6, 6.07) is 16.7. The maximum absolute atomic E-state index is 12.7. The number of anilines is 1. The van der Waals surface area contributed by atoms with Gasteiger partial charge in [0.25, 0.3) is 0 Å². The van der Waals surface area contributed by atoms with Crippen molar-refractivity contribution in [3.8, 4) is 0 Å². The number of aromatic nitrogens is 3. The lowest BCUT2D eigenvalue weighted by atomic mass is 9.95. The minimum atomic E-state index is -0.115. The zero-order chi connectivity index (χ0) is 19.4. The van der Waals surface area contributed by atoms with Gasteiger partial charge in [-0.1, -0.05) is 55.5 Å². The van der Waals surface area contributed by atoms with Crippen LogP contribution in [0.2, 0.25) is 0 Å². The normalized spacial score (nSPS) is 12.0. The number of ketones is 1. The highest BCUT2D eigenvalue weighted by molar-refractivity contribution is 6.09. The maximum Gasteiger partial charge on any atom is 0.238 e. The van der Waals surface area contributed by atoms with Crippen LogP contribution in [-0.4, -0.2) is 38.8 Å². The van der Waals surface area contributed by atoms with Crippen LogP contribution in [0.5, 0.6) is 0 Å². The van der Waals surface area contributed by atoms with Crippen molar-refractivity contribution < 1.29 is 9.90 Å². The summed E-state index contributed by atoms with van der Waals surface area (Å²) >= 11 is 0. The highest BCUT2D eigenvalue weighted by Crippen LogP contribution is 2.24. The number of benzene rings is 2. The summed E-state index contributed by atoms with van der Waals surface area (Å²) in [6.07, 6.45) is 0. The first kappa shape index (κ1) is 18.8. The molecule has 2 aromatic carbocycles. The lowest BCUT2D eigenvalue weighted by Gasteiger charge is -2.14. The van der Waals surface area contributed by atoms with Crippen LogP contribution in [0.4, 0.5) is 5.95 Å². The Morgan fingerprint density at radius 2 is 1.89 bits per heavy atom. The van der Waals surface area contributed by atoms with Crippen LogP contribution < -0.4 is 10.9 Å². The average Bonchev–Trinajstić information content (AvgIpc) is 3.09. The Balaban J connectivity index is 1.87. The number of hydrogen-bond donors (Lipinski definition) is 2. The Morgan fingerprint density at radius 1 is 1.19 bits per heavy atom. The number of hydrazine groups is 1. The number of rotatable bonds is 7. The largest absolute Gasteiger partial charge is 0.394 e. The fourth-order valence-electron chi connectivity index (χ4n) is 2.89. The molecule has 1 heterocycles. The second kappa shape index (κ2) is 8.11. The Hall–Kier alpha value is -3.03. The van der Waals surface area contributed by atoms with E-state index in [4.69, 9.17) is 10.9 Å². The number of aliphatic hydroxyl groups is 1. The van der Waals surface area contributed by atoms with E-state index >= 15 is 0 Å². The first-order valence-corrected chi connectivity index (χ1v) is 8.75. The molecule has 1 aromatic heterocycles. The molecule has 0 saturated heterocycles. The predicted molar refractivity (Wildman–Crippen MR) is 103 cm³/mol. The van der Waals surface area contributed by atoms with Gasteiger partial charge in [-0.15, -0.1) is 0 Å². The molecule has 0 aliphatic heterocycles. The molecule has 7 nitrogen and oxygen atoms in total.